The van der Waals surface area contributed by atoms with E-state index in [4.69, 9.17) is 10.2 Å². The molecule has 3 heterocycles. The molecule has 5 rings (SSSR count). The van der Waals surface area contributed by atoms with Gasteiger partial charge in [0.25, 0.3) is 11.8 Å². The van der Waals surface area contributed by atoms with Gasteiger partial charge >= 0.3 is 6.18 Å². The molecule has 1 atom stereocenters. The number of anilines is 1. The minimum Gasteiger partial charge on any atom is -0.419 e. The van der Waals surface area contributed by atoms with Gasteiger partial charge in [0.15, 0.2) is 0 Å². The maximum absolute atomic E-state index is 15.3. The molecule has 43 heavy (non-hydrogen) atoms. The first-order valence-electron chi connectivity index (χ1n) is 12.8. The summed E-state index contributed by atoms with van der Waals surface area (Å²) < 4.78 is 89.9. The number of hydrogen-bond acceptors (Lipinski definition) is 7. The van der Waals surface area contributed by atoms with Crippen LogP contribution in [0.2, 0.25) is 0 Å². The molecule has 0 unspecified atom stereocenters. The second-order valence-electron chi connectivity index (χ2n) is 10.6. The zero-order valence-corrected chi connectivity index (χ0v) is 22.6. The molecule has 4 aromatic rings. The first kappa shape index (κ1) is 29.7. The zero-order chi connectivity index (χ0) is 31.3. The summed E-state index contributed by atoms with van der Waals surface area (Å²) in [6.45, 7) is 2.70. The van der Waals surface area contributed by atoms with Gasteiger partial charge in [-0.25, -0.2) is 13.2 Å². The highest BCUT2D eigenvalue weighted by Crippen LogP contribution is 2.45. The van der Waals surface area contributed by atoms with E-state index in [-0.39, 0.29) is 29.6 Å². The quantitative estimate of drug-likeness (QED) is 0.274. The van der Waals surface area contributed by atoms with Crippen molar-refractivity contribution in [3.8, 4) is 28.8 Å². The van der Waals surface area contributed by atoms with E-state index < -0.39 is 52.8 Å². The van der Waals surface area contributed by atoms with Gasteiger partial charge in [-0.05, 0) is 49.7 Å². The Bertz CT molecular complexity index is 1730. The lowest BCUT2D eigenvalue weighted by atomic mass is 9.96. The van der Waals surface area contributed by atoms with Gasteiger partial charge in [0.2, 0.25) is 11.8 Å². The molecule has 2 N–H and O–H groups in total. The van der Waals surface area contributed by atoms with Crippen LogP contribution in [0, 0.1) is 17.1 Å². The highest BCUT2D eigenvalue weighted by Gasteiger charge is 2.45. The van der Waals surface area contributed by atoms with Crippen molar-refractivity contribution < 1.29 is 35.6 Å². The Morgan fingerprint density at radius 3 is 2.42 bits per heavy atom. The van der Waals surface area contributed by atoms with Crippen molar-refractivity contribution in [2.24, 2.45) is 5.73 Å². The number of carbonyl (C=O) groups excluding carboxylic acids is 1. The minimum absolute atomic E-state index is 0.126. The summed E-state index contributed by atoms with van der Waals surface area (Å²) in [4.78, 5) is 18.5. The molecule has 0 aliphatic carbocycles. The minimum atomic E-state index is -4.49. The lowest BCUT2D eigenvalue weighted by molar-refractivity contribution is -0.137. The van der Waals surface area contributed by atoms with Crippen LogP contribution in [0.1, 0.15) is 42.8 Å². The van der Waals surface area contributed by atoms with Crippen molar-refractivity contribution in [2.45, 2.75) is 50.4 Å². The second-order valence-corrected chi connectivity index (χ2v) is 10.6. The van der Waals surface area contributed by atoms with E-state index in [1.54, 1.807) is 0 Å². The summed E-state index contributed by atoms with van der Waals surface area (Å²) in [7, 11) is 0. The van der Waals surface area contributed by atoms with E-state index in [2.05, 4.69) is 15.2 Å². The van der Waals surface area contributed by atoms with Crippen LogP contribution in [0.3, 0.4) is 0 Å². The predicted octanol–water partition coefficient (Wildman–Crippen LogP) is 6.11. The van der Waals surface area contributed by atoms with Gasteiger partial charge in [0.1, 0.15) is 11.2 Å². The van der Waals surface area contributed by atoms with Gasteiger partial charge < -0.3 is 15.1 Å². The predicted molar refractivity (Wildman–Crippen MR) is 141 cm³/mol. The number of benzene rings is 2. The highest BCUT2D eigenvalue weighted by atomic mass is 19.4. The summed E-state index contributed by atoms with van der Waals surface area (Å²) in [6.07, 6.45) is -4.22. The molecule has 0 saturated heterocycles. The molecule has 2 aromatic carbocycles. The third kappa shape index (κ3) is 5.68. The van der Waals surface area contributed by atoms with Crippen LogP contribution >= 0.6 is 0 Å². The Kier molecular flexibility index (Phi) is 7.25. The largest absolute Gasteiger partial charge is 0.419 e. The van der Waals surface area contributed by atoms with Gasteiger partial charge in [-0.15, -0.1) is 10.2 Å². The molecule has 0 saturated carbocycles. The molecule has 1 aliphatic rings. The molecule has 0 radical (unpaired) electrons. The fraction of sp³-hybridized carbons (Fsp3) is 0.276. The van der Waals surface area contributed by atoms with Gasteiger partial charge in [0.05, 0.1) is 41.2 Å². The SMILES string of the molecule is CC(C)(C#N)c1nnc(-c2cc3c(cc2F)C(F)(F)C[C@H](N)C(=O)N3Cc2ccc(-c3ccc(C(F)(F)F)cc3)nc2)o1. The number of nitriles is 1. The van der Waals surface area contributed by atoms with E-state index in [1.165, 1.54) is 44.3 Å². The first-order chi connectivity index (χ1) is 20.1. The van der Waals surface area contributed by atoms with Crippen molar-refractivity contribution in [1.29, 1.82) is 5.26 Å². The number of amides is 1. The maximum Gasteiger partial charge on any atom is 0.416 e. The van der Waals surface area contributed by atoms with E-state index in [9.17, 15) is 23.2 Å². The van der Waals surface area contributed by atoms with Gasteiger partial charge in [-0.2, -0.15) is 18.4 Å². The Hall–Kier alpha value is -4.77. The van der Waals surface area contributed by atoms with Crippen LogP contribution in [-0.2, 0) is 28.9 Å². The normalized spacial score (nSPS) is 16.9. The van der Waals surface area contributed by atoms with Gasteiger partial charge in [-0.3, -0.25) is 9.78 Å². The smallest absolute Gasteiger partial charge is 0.416 e. The van der Waals surface area contributed by atoms with Crippen molar-refractivity contribution in [3.05, 3.63) is 83.1 Å². The third-order valence-electron chi connectivity index (χ3n) is 6.97. The molecule has 1 amide bonds. The van der Waals surface area contributed by atoms with Crippen molar-refractivity contribution in [1.82, 2.24) is 15.2 Å². The Morgan fingerprint density at radius 2 is 1.81 bits per heavy atom. The summed E-state index contributed by atoms with van der Waals surface area (Å²) in [6, 6.07) is 9.32. The number of aromatic nitrogens is 3. The molecule has 2 aromatic heterocycles. The van der Waals surface area contributed by atoms with Crippen molar-refractivity contribution >= 4 is 11.6 Å². The zero-order valence-electron chi connectivity index (χ0n) is 22.6. The highest BCUT2D eigenvalue weighted by molar-refractivity contribution is 5.99. The fourth-order valence-corrected chi connectivity index (χ4v) is 4.53. The van der Waals surface area contributed by atoms with Crippen LogP contribution in [0.15, 0.2) is 59.1 Å². The molecule has 0 spiro atoms. The molecular weight excluding hydrogens is 578 g/mol. The second kappa shape index (κ2) is 10.5. The van der Waals surface area contributed by atoms with Crippen LogP contribution in [-0.4, -0.2) is 27.1 Å². The Morgan fingerprint density at radius 1 is 1.12 bits per heavy atom. The van der Waals surface area contributed by atoms with Gasteiger partial charge in [-0.1, -0.05) is 18.2 Å². The summed E-state index contributed by atoms with van der Waals surface area (Å²) in [5.41, 5.74) is 3.42. The standard InChI is InChI=1S/C29H22F6N6O2/c1-27(2,14-36)26-40-39-24(43-26)18-9-23-19(10-20(18)30)28(31,32)11-21(37)25(42)41(23)13-15-3-8-22(38-12-15)16-4-6-17(7-5-16)29(33,34)35/h3-10,12,21H,11,13,37H2,1-2H3/t21-/m0/s1. The molecular formula is C29H22F6N6O2. The van der Waals surface area contributed by atoms with Crippen LogP contribution in [0.4, 0.5) is 32.0 Å². The topological polar surface area (TPSA) is 122 Å². The molecule has 0 fully saturated rings. The monoisotopic (exact) mass is 600 g/mol. The number of alkyl halides is 5. The number of halogens is 6. The van der Waals surface area contributed by atoms with Gasteiger partial charge in [0, 0.05) is 23.7 Å². The van der Waals surface area contributed by atoms with E-state index in [0.29, 0.717) is 22.9 Å². The lowest BCUT2D eigenvalue weighted by Crippen LogP contribution is -2.43. The molecule has 0 bridgehead atoms. The number of carbonyl (C=O) groups is 1. The number of hydrogen-bond donors (Lipinski definition) is 1. The number of rotatable bonds is 5. The number of nitrogens with two attached hydrogens (primary N) is 1. The summed E-state index contributed by atoms with van der Waals surface area (Å²) in [5.74, 6) is -6.16. The molecule has 14 heteroatoms. The maximum atomic E-state index is 15.3. The van der Waals surface area contributed by atoms with Crippen molar-refractivity contribution in [2.75, 3.05) is 4.90 Å². The fourth-order valence-electron chi connectivity index (χ4n) is 4.53. The first-order valence-corrected chi connectivity index (χ1v) is 12.8. The van der Waals surface area contributed by atoms with E-state index in [1.807, 2.05) is 6.07 Å². The van der Waals surface area contributed by atoms with E-state index in [0.717, 1.165) is 23.1 Å². The van der Waals surface area contributed by atoms with Crippen LogP contribution < -0.4 is 10.6 Å². The lowest BCUT2D eigenvalue weighted by Gasteiger charge is -2.25. The summed E-state index contributed by atoms with van der Waals surface area (Å²) >= 11 is 0. The Labute approximate surface area is 240 Å². The average Bonchev–Trinajstić information content (AvgIpc) is 3.44. The van der Waals surface area contributed by atoms with Crippen molar-refractivity contribution in [3.63, 3.8) is 0 Å². The number of fused-ring (bicyclic) bond motifs is 1. The molecule has 1 aliphatic heterocycles. The summed E-state index contributed by atoms with van der Waals surface area (Å²) in [5, 5.41) is 16.9. The molecule has 8 nitrogen and oxygen atoms in total. The number of nitrogens with zero attached hydrogens (tertiary/aromatic N) is 5. The number of pyridine rings is 1. The molecule has 222 valence electrons. The Balaban J connectivity index is 1.52. The average molecular weight is 601 g/mol. The van der Waals surface area contributed by atoms with Crippen LogP contribution in [0.5, 0.6) is 0 Å². The third-order valence-corrected chi connectivity index (χ3v) is 6.97. The van der Waals surface area contributed by atoms with E-state index >= 15 is 13.2 Å². The van der Waals surface area contributed by atoms with Crippen LogP contribution in [0.25, 0.3) is 22.7 Å².